The molecule has 0 atom stereocenters. The van der Waals surface area contributed by atoms with Crippen molar-refractivity contribution in [1.82, 2.24) is 9.47 Å². The average Bonchev–Trinajstić information content (AvgIpc) is 3.34. The number of hydrogen-bond donors (Lipinski definition) is 1. The number of carbonyl (C=O) groups excluding carboxylic acids is 2. The van der Waals surface area contributed by atoms with Crippen LogP contribution in [0, 0.1) is 6.92 Å². The predicted molar refractivity (Wildman–Crippen MR) is 110 cm³/mol. The molecule has 146 valence electrons. The number of hydrogen-bond acceptors (Lipinski definition) is 3. The molecule has 0 aromatic carbocycles. The lowest BCUT2D eigenvalue weighted by Crippen LogP contribution is -2.26. The predicted octanol–water partition coefficient (Wildman–Crippen LogP) is 3.98. The Labute approximate surface area is 165 Å². The number of likely N-dealkylation sites (tertiary alicyclic amines) is 1. The number of carbonyl (C=O) groups is 2. The molecule has 2 N–H and O–H groups in total. The van der Waals surface area contributed by atoms with Gasteiger partial charge >= 0.3 is 0 Å². The van der Waals surface area contributed by atoms with Crippen molar-refractivity contribution in [3.8, 4) is 11.1 Å². The molecule has 0 bridgehead atoms. The van der Waals surface area contributed by atoms with Crippen LogP contribution in [-0.4, -0.2) is 34.4 Å². The Morgan fingerprint density at radius 2 is 2.11 bits per heavy atom. The van der Waals surface area contributed by atoms with Crippen molar-refractivity contribution in [1.29, 1.82) is 0 Å². The molecular formula is C21H29N3O2S. The third-order valence-corrected chi connectivity index (χ3v) is 6.12. The summed E-state index contributed by atoms with van der Waals surface area (Å²) in [4.78, 5) is 26.1. The van der Waals surface area contributed by atoms with E-state index < -0.39 is 0 Å². The van der Waals surface area contributed by atoms with E-state index in [0.29, 0.717) is 12.0 Å². The highest BCUT2D eigenvalue weighted by Crippen LogP contribution is 2.35. The summed E-state index contributed by atoms with van der Waals surface area (Å²) >= 11 is 1.63. The van der Waals surface area contributed by atoms with E-state index in [-0.39, 0.29) is 11.8 Å². The Morgan fingerprint density at radius 1 is 1.30 bits per heavy atom. The Hall–Kier alpha value is -2.08. The number of amides is 2. The molecule has 1 saturated heterocycles. The molecule has 2 aromatic rings. The number of unbranched alkanes of at least 4 members (excludes halogenated alkanes) is 1. The molecule has 3 heterocycles. The van der Waals surface area contributed by atoms with Crippen LogP contribution in [0.25, 0.3) is 11.1 Å². The third-order valence-electron chi connectivity index (χ3n) is 5.44. The number of primary amides is 1. The Balaban J connectivity index is 1.92. The van der Waals surface area contributed by atoms with Gasteiger partial charge in [-0.2, -0.15) is 11.3 Å². The van der Waals surface area contributed by atoms with Gasteiger partial charge in [0, 0.05) is 43.0 Å². The third kappa shape index (κ3) is 4.10. The number of nitrogens with zero attached hydrogens (tertiary/aromatic N) is 2. The lowest BCUT2D eigenvalue weighted by atomic mass is 10.00. The van der Waals surface area contributed by atoms with Crippen LogP contribution in [0.2, 0.25) is 0 Å². The normalized spacial score (nSPS) is 14.3. The summed E-state index contributed by atoms with van der Waals surface area (Å²) in [6.07, 6.45) is 5.64. The minimum atomic E-state index is -0.361. The second kappa shape index (κ2) is 8.74. The molecule has 0 saturated carbocycles. The van der Waals surface area contributed by atoms with Gasteiger partial charge in [0.2, 0.25) is 5.91 Å². The molecule has 0 unspecified atom stereocenters. The zero-order chi connectivity index (χ0) is 19.4. The van der Waals surface area contributed by atoms with Crippen LogP contribution in [0.4, 0.5) is 0 Å². The number of nitrogens with two attached hydrogens (primary N) is 1. The Kier molecular flexibility index (Phi) is 6.37. The molecule has 0 radical (unpaired) electrons. The summed E-state index contributed by atoms with van der Waals surface area (Å²) in [6, 6.07) is 2.06. The molecule has 2 amide bonds. The van der Waals surface area contributed by atoms with Crippen LogP contribution in [-0.2, 0) is 17.8 Å². The van der Waals surface area contributed by atoms with Crippen LogP contribution in [0.3, 0.4) is 0 Å². The highest BCUT2D eigenvalue weighted by molar-refractivity contribution is 7.08. The molecule has 2 aromatic heterocycles. The van der Waals surface area contributed by atoms with E-state index in [1.165, 1.54) is 5.69 Å². The molecule has 3 rings (SSSR count). The maximum Gasteiger partial charge on any atom is 0.251 e. The van der Waals surface area contributed by atoms with Crippen molar-refractivity contribution in [2.24, 2.45) is 5.73 Å². The summed E-state index contributed by atoms with van der Waals surface area (Å²) in [6.45, 7) is 6.63. The first-order chi connectivity index (χ1) is 13.0. The number of aromatic nitrogens is 1. The average molecular weight is 388 g/mol. The topological polar surface area (TPSA) is 68.3 Å². The first-order valence-electron chi connectivity index (χ1n) is 9.86. The van der Waals surface area contributed by atoms with Crippen molar-refractivity contribution in [2.75, 3.05) is 13.1 Å². The minimum Gasteiger partial charge on any atom is -0.366 e. The van der Waals surface area contributed by atoms with E-state index in [4.69, 9.17) is 5.73 Å². The van der Waals surface area contributed by atoms with E-state index in [0.717, 1.165) is 68.6 Å². The van der Waals surface area contributed by atoms with Crippen LogP contribution < -0.4 is 5.73 Å². The van der Waals surface area contributed by atoms with Gasteiger partial charge in [-0.3, -0.25) is 9.59 Å². The maximum atomic E-state index is 12.3. The van der Waals surface area contributed by atoms with Gasteiger partial charge in [0.05, 0.1) is 5.56 Å². The fraction of sp³-hybridized carbons (Fsp3) is 0.524. The van der Waals surface area contributed by atoms with E-state index in [2.05, 4.69) is 22.9 Å². The van der Waals surface area contributed by atoms with Crippen molar-refractivity contribution in [3.63, 3.8) is 0 Å². The Bertz CT molecular complexity index is 808. The molecule has 5 nitrogen and oxygen atoms in total. The second-order valence-electron chi connectivity index (χ2n) is 7.25. The lowest BCUT2D eigenvalue weighted by molar-refractivity contribution is -0.127. The van der Waals surface area contributed by atoms with Crippen molar-refractivity contribution >= 4 is 23.2 Å². The maximum absolute atomic E-state index is 12.3. The summed E-state index contributed by atoms with van der Waals surface area (Å²) in [5.41, 5.74) is 10.7. The number of thiophene rings is 1. The monoisotopic (exact) mass is 387 g/mol. The first kappa shape index (κ1) is 19.7. The largest absolute Gasteiger partial charge is 0.366 e. The molecule has 1 aliphatic heterocycles. The van der Waals surface area contributed by atoms with Gasteiger partial charge in [-0.05, 0) is 55.0 Å². The van der Waals surface area contributed by atoms with Crippen molar-refractivity contribution < 1.29 is 9.59 Å². The molecule has 27 heavy (non-hydrogen) atoms. The highest BCUT2D eigenvalue weighted by atomic mass is 32.1. The fourth-order valence-corrected chi connectivity index (χ4v) is 4.73. The molecule has 1 fully saturated rings. The fourth-order valence-electron chi connectivity index (χ4n) is 4.08. The summed E-state index contributed by atoms with van der Waals surface area (Å²) in [5.74, 6) is -0.0952. The SMILES string of the molecule is CCCCc1c(-c2ccsc2)c(C(N)=O)c(C)n1CCCN1CCCC1=O. The molecule has 1 aliphatic rings. The summed E-state index contributed by atoms with van der Waals surface area (Å²) < 4.78 is 2.27. The zero-order valence-electron chi connectivity index (χ0n) is 16.3. The van der Waals surface area contributed by atoms with Crippen LogP contribution in [0.5, 0.6) is 0 Å². The van der Waals surface area contributed by atoms with Crippen molar-refractivity contribution in [2.45, 2.75) is 58.9 Å². The van der Waals surface area contributed by atoms with E-state index in [1.54, 1.807) is 11.3 Å². The lowest BCUT2D eigenvalue weighted by Gasteiger charge is -2.17. The smallest absolute Gasteiger partial charge is 0.251 e. The van der Waals surface area contributed by atoms with Gasteiger partial charge in [-0.15, -0.1) is 0 Å². The molecule has 6 heteroatoms. The van der Waals surface area contributed by atoms with E-state index in [9.17, 15) is 9.59 Å². The van der Waals surface area contributed by atoms with Crippen LogP contribution in [0.1, 0.15) is 60.8 Å². The van der Waals surface area contributed by atoms with Crippen molar-refractivity contribution in [3.05, 3.63) is 33.8 Å². The van der Waals surface area contributed by atoms with E-state index in [1.807, 2.05) is 17.2 Å². The first-order valence-corrected chi connectivity index (χ1v) is 10.8. The van der Waals surface area contributed by atoms with Gasteiger partial charge in [0.15, 0.2) is 0 Å². The summed E-state index contributed by atoms with van der Waals surface area (Å²) in [7, 11) is 0. The van der Waals surface area contributed by atoms with Gasteiger partial charge in [0.25, 0.3) is 5.91 Å². The summed E-state index contributed by atoms with van der Waals surface area (Å²) in [5, 5.41) is 4.12. The van der Waals surface area contributed by atoms with Gasteiger partial charge < -0.3 is 15.2 Å². The second-order valence-corrected chi connectivity index (χ2v) is 8.03. The van der Waals surface area contributed by atoms with Gasteiger partial charge in [-0.1, -0.05) is 13.3 Å². The van der Waals surface area contributed by atoms with Crippen LogP contribution >= 0.6 is 11.3 Å². The molecule has 0 aliphatic carbocycles. The van der Waals surface area contributed by atoms with Gasteiger partial charge in [-0.25, -0.2) is 0 Å². The minimum absolute atomic E-state index is 0.266. The molecular weight excluding hydrogens is 358 g/mol. The molecule has 0 spiro atoms. The Morgan fingerprint density at radius 3 is 2.70 bits per heavy atom. The van der Waals surface area contributed by atoms with Crippen LogP contribution in [0.15, 0.2) is 16.8 Å². The van der Waals surface area contributed by atoms with Gasteiger partial charge in [0.1, 0.15) is 0 Å². The zero-order valence-corrected chi connectivity index (χ0v) is 17.1. The number of rotatable bonds is 9. The van der Waals surface area contributed by atoms with E-state index >= 15 is 0 Å². The standard InChI is InChI=1S/C21H29N3O2S/c1-3-4-7-17-20(16-9-13-27-14-16)19(21(22)26)15(2)24(17)12-6-11-23-10-5-8-18(23)25/h9,13-14H,3-8,10-12H2,1-2H3,(H2,22,26). The highest BCUT2D eigenvalue weighted by Gasteiger charge is 2.25. The quantitative estimate of drug-likeness (QED) is 0.707.